The van der Waals surface area contributed by atoms with Crippen molar-refractivity contribution < 1.29 is 14.1 Å². The lowest BCUT2D eigenvalue weighted by molar-refractivity contribution is -0.384. The van der Waals surface area contributed by atoms with Gasteiger partial charge in [-0.2, -0.15) is 5.10 Å². The number of rotatable bonds is 6. The summed E-state index contributed by atoms with van der Waals surface area (Å²) >= 11 is 0. The van der Waals surface area contributed by atoms with Crippen molar-refractivity contribution in [2.45, 2.75) is 20.5 Å². The van der Waals surface area contributed by atoms with Gasteiger partial charge in [-0.25, -0.2) is 4.68 Å². The molecular weight excluding hydrogens is 446 g/mol. The lowest BCUT2D eigenvalue weighted by Crippen LogP contribution is -2.09. The highest BCUT2D eigenvalue weighted by atomic mass is 16.6. The Bertz CT molecular complexity index is 1600. The van der Waals surface area contributed by atoms with Crippen LogP contribution < -0.4 is 10.2 Å². The Morgan fingerprint density at radius 1 is 1.06 bits per heavy atom. The van der Waals surface area contributed by atoms with Crippen molar-refractivity contribution in [3.05, 3.63) is 116 Å². The van der Waals surface area contributed by atoms with E-state index in [0.717, 1.165) is 16.8 Å². The van der Waals surface area contributed by atoms with Crippen LogP contribution in [0.2, 0.25) is 0 Å². The van der Waals surface area contributed by atoms with E-state index in [0.29, 0.717) is 33.6 Å². The number of aryl methyl sites for hydroxylation is 2. The maximum absolute atomic E-state index is 13.5. The summed E-state index contributed by atoms with van der Waals surface area (Å²) in [5, 5.41) is 15.7. The number of hydrogen-bond acceptors (Lipinski definition) is 6. The molecule has 0 N–H and O–H groups in total. The van der Waals surface area contributed by atoms with E-state index in [1.807, 2.05) is 43.5 Å². The van der Waals surface area contributed by atoms with Crippen molar-refractivity contribution in [1.82, 2.24) is 9.78 Å². The molecule has 5 rings (SSSR count). The van der Waals surface area contributed by atoms with E-state index in [4.69, 9.17) is 9.15 Å². The highest BCUT2D eigenvalue weighted by Crippen LogP contribution is 2.29. The van der Waals surface area contributed by atoms with Crippen LogP contribution in [-0.2, 0) is 6.61 Å². The van der Waals surface area contributed by atoms with Gasteiger partial charge in [-0.15, -0.1) is 0 Å². The minimum Gasteiger partial charge on any atom is -0.489 e. The summed E-state index contributed by atoms with van der Waals surface area (Å²) in [5.41, 5.74) is 3.90. The van der Waals surface area contributed by atoms with Gasteiger partial charge in [0, 0.05) is 30.0 Å². The first kappa shape index (κ1) is 22.1. The summed E-state index contributed by atoms with van der Waals surface area (Å²) in [7, 11) is 0. The normalized spacial score (nSPS) is 11.0. The van der Waals surface area contributed by atoms with Crippen LogP contribution in [-0.4, -0.2) is 14.7 Å². The molecule has 0 aliphatic carbocycles. The Labute approximate surface area is 200 Å². The van der Waals surface area contributed by atoms with Crippen LogP contribution in [0, 0.1) is 24.0 Å². The monoisotopic (exact) mass is 467 g/mol. The molecule has 0 bridgehead atoms. The van der Waals surface area contributed by atoms with Crippen molar-refractivity contribution in [3.63, 3.8) is 0 Å². The van der Waals surface area contributed by atoms with Crippen molar-refractivity contribution in [2.75, 3.05) is 0 Å². The third-order valence-corrected chi connectivity index (χ3v) is 5.79. The average Bonchev–Trinajstić information content (AvgIpc) is 3.33. The molecule has 0 unspecified atom stereocenters. The molecule has 174 valence electrons. The largest absolute Gasteiger partial charge is 0.489 e. The molecule has 8 nitrogen and oxygen atoms in total. The SMILES string of the molecule is Cc1oc2cc(OCc3ccc([N+](=O)[O-])cc3)cc(C)c2c(=O)c1-c1cnn(-c2ccccc2)c1. The van der Waals surface area contributed by atoms with Gasteiger partial charge in [-0.05, 0) is 55.3 Å². The van der Waals surface area contributed by atoms with Crippen molar-refractivity contribution in [1.29, 1.82) is 0 Å². The van der Waals surface area contributed by atoms with E-state index in [1.165, 1.54) is 12.1 Å². The summed E-state index contributed by atoms with van der Waals surface area (Å²) in [6.45, 7) is 3.82. The number of nitro groups is 1. The molecule has 0 saturated carbocycles. The van der Waals surface area contributed by atoms with Crippen LogP contribution in [0.1, 0.15) is 16.9 Å². The lowest BCUT2D eigenvalue weighted by Gasteiger charge is -2.11. The average molecular weight is 467 g/mol. The highest BCUT2D eigenvalue weighted by molar-refractivity contribution is 5.86. The maximum atomic E-state index is 13.5. The van der Waals surface area contributed by atoms with Gasteiger partial charge in [0.15, 0.2) is 0 Å². The van der Waals surface area contributed by atoms with E-state index >= 15 is 0 Å². The van der Waals surface area contributed by atoms with E-state index < -0.39 is 4.92 Å². The minimum atomic E-state index is -0.442. The summed E-state index contributed by atoms with van der Waals surface area (Å²) in [6, 6.07) is 19.3. The Kier molecular flexibility index (Phi) is 5.62. The van der Waals surface area contributed by atoms with Crippen LogP contribution >= 0.6 is 0 Å². The number of hydrogen-bond donors (Lipinski definition) is 0. The molecule has 8 heteroatoms. The van der Waals surface area contributed by atoms with Gasteiger partial charge >= 0.3 is 0 Å². The highest BCUT2D eigenvalue weighted by Gasteiger charge is 2.18. The van der Waals surface area contributed by atoms with Gasteiger partial charge in [0.2, 0.25) is 5.43 Å². The number of ether oxygens (including phenoxy) is 1. The van der Waals surface area contributed by atoms with E-state index in [2.05, 4.69) is 5.10 Å². The molecule has 0 radical (unpaired) electrons. The quantitative estimate of drug-likeness (QED) is 0.233. The number of aromatic nitrogens is 2. The number of benzene rings is 3. The Morgan fingerprint density at radius 3 is 2.51 bits per heavy atom. The van der Waals surface area contributed by atoms with Crippen LogP contribution in [0.3, 0.4) is 0 Å². The zero-order valence-corrected chi connectivity index (χ0v) is 19.1. The molecule has 0 aliphatic rings. The van der Waals surface area contributed by atoms with Crippen molar-refractivity contribution in [3.8, 4) is 22.6 Å². The Hall–Kier alpha value is -4.72. The Morgan fingerprint density at radius 2 is 1.80 bits per heavy atom. The first-order chi connectivity index (χ1) is 16.9. The van der Waals surface area contributed by atoms with Gasteiger partial charge in [-0.1, -0.05) is 18.2 Å². The molecule has 0 saturated heterocycles. The molecule has 0 spiro atoms. The third kappa shape index (κ3) is 4.29. The first-order valence-corrected chi connectivity index (χ1v) is 11.0. The van der Waals surface area contributed by atoms with Crippen LogP contribution in [0.5, 0.6) is 5.75 Å². The van der Waals surface area contributed by atoms with Gasteiger partial charge in [0.05, 0.1) is 27.8 Å². The van der Waals surface area contributed by atoms with Gasteiger partial charge in [-0.3, -0.25) is 14.9 Å². The lowest BCUT2D eigenvalue weighted by atomic mass is 10.0. The second kappa shape index (κ2) is 8.90. The fourth-order valence-corrected chi connectivity index (χ4v) is 4.07. The van der Waals surface area contributed by atoms with E-state index in [9.17, 15) is 14.9 Å². The predicted molar refractivity (Wildman–Crippen MR) is 132 cm³/mol. The first-order valence-electron chi connectivity index (χ1n) is 11.0. The molecule has 0 atom stereocenters. The standard InChI is InChI=1S/C27H21N3O5/c1-17-12-23(34-16-19-8-10-22(11-9-19)30(32)33)13-24-25(17)27(31)26(18(2)35-24)20-14-28-29(15-20)21-6-4-3-5-7-21/h3-15H,16H2,1-2H3. The van der Waals surface area contributed by atoms with Crippen LogP contribution in [0.25, 0.3) is 27.8 Å². The maximum Gasteiger partial charge on any atom is 0.269 e. The molecule has 3 aromatic carbocycles. The van der Waals surface area contributed by atoms with Crippen molar-refractivity contribution in [2.24, 2.45) is 0 Å². The molecule has 0 fully saturated rings. The van der Waals surface area contributed by atoms with E-state index in [-0.39, 0.29) is 17.7 Å². The zero-order chi connectivity index (χ0) is 24.5. The second-order valence-electron chi connectivity index (χ2n) is 8.20. The zero-order valence-electron chi connectivity index (χ0n) is 19.1. The van der Waals surface area contributed by atoms with Crippen LogP contribution in [0.15, 0.2) is 88.3 Å². The topological polar surface area (TPSA) is 100 Å². The minimum absolute atomic E-state index is 0.0256. The molecular formula is C27H21N3O5. The molecule has 0 amide bonds. The molecule has 2 aromatic heterocycles. The smallest absolute Gasteiger partial charge is 0.269 e. The molecule has 2 heterocycles. The van der Waals surface area contributed by atoms with Gasteiger partial charge in [0.1, 0.15) is 23.7 Å². The summed E-state index contributed by atoms with van der Waals surface area (Å²) in [4.78, 5) is 23.9. The summed E-state index contributed by atoms with van der Waals surface area (Å²) in [5.74, 6) is 1.03. The molecule has 0 aliphatic heterocycles. The third-order valence-electron chi connectivity index (χ3n) is 5.79. The fraction of sp³-hybridized carbons (Fsp3) is 0.111. The van der Waals surface area contributed by atoms with Crippen molar-refractivity contribution >= 4 is 16.7 Å². The molecule has 35 heavy (non-hydrogen) atoms. The van der Waals surface area contributed by atoms with Crippen LogP contribution in [0.4, 0.5) is 5.69 Å². The number of nitro benzene ring substituents is 1. The van der Waals surface area contributed by atoms with Gasteiger partial charge in [0.25, 0.3) is 5.69 Å². The number of non-ortho nitro benzene ring substituents is 1. The summed E-state index contributed by atoms with van der Waals surface area (Å²) < 4.78 is 13.7. The number of nitrogens with zero attached hydrogens (tertiary/aromatic N) is 3. The van der Waals surface area contributed by atoms with Gasteiger partial charge < -0.3 is 9.15 Å². The number of para-hydroxylation sites is 1. The summed E-state index contributed by atoms with van der Waals surface area (Å²) in [6.07, 6.45) is 3.48. The second-order valence-corrected chi connectivity index (χ2v) is 8.20. The fourth-order valence-electron chi connectivity index (χ4n) is 4.07. The predicted octanol–water partition coefficient (Wildman–Crippen LogP) is 5.75. The molecule has 5 aromatic rings. The van der Waals surface area contributed by atoms with E-state index in [1.54, 1.807) is 42.1 Å². The number of fused-ring (bicyclic) bond motifs is 1. The Balaban J connectivity index is 1.46.